The summed E-state index contributed by atoms with van der Waals surface area (Å²) in [7, 11) is 1.46. The molecule has 100 valence electrons. The highest BCUT2D eigenvalue weighted by Crippen LogP contribution is 2.30. The van der Waals surface area contributed by atoms with E-state index in [2.05, 4.69) is 0 Å². The molecule has 1 saturated heterocycles. The van der Waals surface area contributed by atoms with Crippen molar-refractivity contribution in [2.75, 3.05) is 11.4 Å². The number of hydrogen-bond donors (Lipinski definition) is 0. The molecule has 1 unspecified atom stereocenters. The third-order valence-corrected chi connectivity index (χ3v) is 4.96. The Hall–Kier alpha value is -1.29. The molecule has 1 aliphatic heterocycles. The van der Waals surface area contributed by atoms with Gasteiger partial charge in [0.2, 0.25) is 15.0 Å². The van der Waals surface area contributed by atoms with Gasteiger partial charge in [0.1, 0.15) is 11.3 Å². The van der Waals surface area contributed by atoms with Gasteiger partial charge in [-0.15, -0.1) is 0 Å². The standard InChI is InChI=1S/C11H8Cl2N2O3S/c12-8-1-2-10(7(3-8)5-14)15-6-9(4-11(15)16)19(13,17)18/h1-3,9H,4,6H2. The third-order valence-electron chi connectivity index (χ3n) is 2.86. The molecule has 0 bridgehead atoms. The minimum atomic E-state index is -3.80. The van der Waals surface area contributed by atoms with E-state index in [1.165, 1.54) is 23.1 Å². The molecule has 5 nitrogen and oxygen atoms in total. The molecule has 0 saturated carbocycles. The summed E-state index contributed by atoms with van der Waals surface area (Å²) < 4.78 is 22.5. The van der Waals surface area contributed by atoms with Crippen molar-refractivity contribution in [3.05, 3.63) is 28.8 Å². The number of nitrogens with zero attached hydrogens (tertiary/aromatic N) is 2. The molecule has 1 atom stereocenters. The van der Waals surface area contributed by atoms with Crippen molar-refractivity contribution in [2.45, 2.75) is 11.7 Å². The van der Waals surface area contributed by atoms with E-state index in [-0.39, 0.29) is 24.4 Å². The first-order valence-electron chi connectivity index (χ1n) is 5.26. The summed E-state index contributed by atoms with van der Waals surface area (Å²) >= 11 is 5.77. The molecule has 19 heavy (non-hydrogen) atoms. The van der Waals surface area contributed by atoms with Crippen LogP contribution in [0.1, 0.15) is 12.0 Å². The van der Waals surface area contributed by atoms with E-state index >= 15 is 0 Å². The summed E-state index contributed by atoms with van der Waals surface area (Å²) in [6.07, 6.45) is -0.181. The van der Waals surface area contributed by atoms with Crippen LogP contribution in [0.5, 0.6) is 0 Å². The lowest BCUT2D eigenvalue weighted by molar-refractivity contribution is -0.117. The highest BCUT2D eigenvalue weighted by Gasteiger charge is 2.38. The van der Waals surface area contributed by atoms with Gasteiger partial charge in [0, 0.05) is 28.7 Å². The summed E-state index contributed by atoms with van der Waals surface area (Å²) in [4.78, 5) is 13.1. The van der Waals surface area contributed by atoms with E-state index in [4.69, 9.17) is 27.5 Å². The van der Waals surface area contributed by atoms with E-state index < -0.39 is 14.3 Å². The number of halogens is 2. The van der Waals surface area contributed by atoms with Gasteiger partial charge in [0.15, 0.2) is 0 Å². The lowest BCUT2D eigenvalue weighted by Gasteiger charge is -2.17. The highest BCUT2D eigenvalue weighted by atomic mass is 35.7. The van der Waals surface area contributed by atoms with Crippen LogP contribution in [0, 0.1) is 11.3 Å². The molecule has 1 aromatic rings. The Morgan fingerprint density at radius 2 is 2.11 bits per heavy atom. The molecule has 1 heterocycles. The van der Waals surface area contributed by atoms with Gasteiger partial charge in [-0.05, 0) is 18.2 Å². The third kappa shape index (κ3) is 2.84. The maximum absolute atomic E-state index is 11.8. The Labute approximate surface area is 119 Å². The zero-order valence-electron chi connectivity index (χ0n) is 9.51. The van der Waals surface area contributed by atoms with Crippen LogP contribution in [0.2, 0.25) is 5.02 Å². The van der Waals surface area contributed by atoms with Crippen LogP contribution in [0.4, 0.5) is 5.69 Å². The van der Waals surface area contributed by atoms with Crippen molar-refractivity contribution in [2.24, 2.45) is 0 Å². The van der Waals surface area contributed by atoms with Gasteiger partial charge in [-0.25, -0.2) is 8.42 Å². The van der Waals surface area contributed by atoms with E-state index in [9.17, 15) is 13.2 Å². The average Bonchev–Trinajstić information content (AvgIpc) is 2.71. The molecule has 2 rings (SSSR count). The number of rotatable bonds is 2. The number of carbonyl (C=O) groups excluding carboxylic acids is 1. The smallest absolute Gasteiger partial charge is 0.237 e. The molecule has 0 radical (unpaired) electrons. The number of carbonyl (C=O) groups is 1. The van der Waals surface area contributed by atoms with Gasteiger partial charge in [0.05, 0.1) is 11.3 Å². The summed E-state index contributed by atoms with van der Waals surface area (Å²) in [5, 5.41) is 8.44. The second-order valence-electron chi connectivity index (χ2n) is 4.08. The highest BCUT2D eigenvalue weighted by molar-refractivity contribution is 8.14. The van der Waals surface area contributed by atoms with E-state index in [1.807, 2.05) is 6.07 Å². The Bertz CT molecular complexity index is 682. The number of benzene rings is 1. The molecular formula is C11H8Cl2N2O3S. The minimum Gasteiger partial charge on any atom is -0.310 e. The molecule has 0 aliphatic carbocycles. The van der Waals surface area contributed by atoms with E-state index in [1.54, 1.807) is 0 Å². The summed E-state index contributed by atoms with van der Waals surface area (Å²) in [5.74, 6) is -0.381. The van der Waals surface area contributed by atoms with Gasteiger partial charge < -0.3 is 4.90 Å². The minimum absolute atomic E-state index is 0.0546. The van der Waals surface area contributed by atoms with Crippen molar-refractivity contribution >= 4 is 42.9 Å². The van der Waals surface area contributed by atoms with Crippen LogP contribution in [0.25, 0.3) is 0 Å². The molecule has 0 spiro atoms. The maximum Gasteiger partial charge on any atom is 0.237 e. The zero-order valence-corrected chi connectivity index (χ0v) is 11.8. The summed E-state index contributed by atoms with van der Waals surface area (Å²) in [6, 6.07) is 6.40. The fraction of sp³-hybridized carbons (Fsp3) is 0.273. The second-order valence-corrected chi connectivity index (χ2v) is 7.42. The number of amides is 1. The second kappa shape index (κ2) is 5.00. The van der Waals surface area contributed by atoms with Crippen molar-refractivity contribution in [3.63, 3.8) is 0 Å². The van der Waals surface area contributed by atoms with Crippen LogP contribution in [0.3, 0.4) is 0 Å². The van der Waals surface area contributed by atoms with Crippen LogP contribution >= 0.6 is 22.3 Å². The summed E-state index contributed by atoms with van der Waals surface area (Å²) in [5.41, 5.74) is 0.563. The SMILES string of the molecule is N#Cc1cc(Cl)ccc1N1CC(S(=O)(=O)Cl)CC1=O. The molecule has 1 fully saturated rings. The van der Waals surface area contributed by atoms with Crippen LogP contribution in [-0.4, -0.2) is 26.1 Å². The van der Waals surface area contributed by atoms with Crippen LogP contribution in [0.15, 0.2) is 18.2 Å². The Kier molecular flexibility index (Phi) is 3.72. The molecule has 8 heteroatoms. The van der Waals surface area contributed by atoms with Gasteiger partial charge >= 0.3 is 0 Å². The first-order chi connectivity index (χ1) is 8.82. The largest absolute Gasteiger partial charge is 0.310 e. The van der Waals surface area contributed by atoms with Gasteiger partial charge in [-0.1, -0.05) is 11.6 Å². The molecule has 1 aliphatic rings. The van der Waals surface area contributed by atoms with Crippen molar-refractivity contribution in [1.82, 2.24) is 0 Å². The summed E-state index contributed by atoms with van der Waals surface area (Å²) in [6.45, 7) is -0.0546. The Morgan fingerprint density at radius 3 is 2.63 bits per heavy atom. The first-order valence-corrected chi connectivity index (χ1v) is 8.01. The Balaban J connectivity index is 2.39. The number of anilines is 1. The van der Waals surface area contributed by atoms with E-state index in [0.29, 0.717) is 10.7 Å². The molecule has 0 aromatic heterocycles. The van der Waals surface area contributed by atoms with Gasteiger partial charge in [0.25, 0.3) is 0 Å². The fourth-order valence-electron chi connectivity index (χ4n) is 1.93. The monoisotopic (exact) mass is 318 g/mol. The topological polar surface area (TPSA) is 78.2 Å². The van der Waals surface area contributed by atoms with Gasteiger partial charge in [-0.2, -0.15) is 5.26 Å². The Morgan fingerprint density at radius 1 is 1.42 bits per heavy atom. The number of hydrogen-bond acceptors (Lipinski definition) is 4. The lowest BCUT2D eigenvalue weighted by atomic mass is 10.2. The van der Waals surface area contributed by atoms with Crippen molar-refractivity contribution in [3.8, 4) is 6.07 Å². The van der Waals surface area contributed by atoms with E-state index in [0.717, 1.165) is 0 Å². The normalized spacial score (nSPS) is 19.5. The van der Waals surface area contributed by atoms with Crippen LogP contribution < -0.4 is 4.90 Å². The van der Waals surface area contributed by atoms with Crippen molar-refractivity contribution in [1.29, 1.82) is 5.26 Å². The average molecular weight is 319 g/mol. The quantitative estimate of drug-likeness (QED) is 0.780. The maximum atomic E-state index is 11.8. The molecule has 1 aromatic carbocycles. The molecule has 0 N–H and O–H groups in total. The number of nitriles is 1. The predicted octanol–water partition coefficient (Wildman–Crippen LogP) is 1.89. The predicted molar refractivity (Wildman–Crippen MR) is 71.7 cm³/mol. The zero-order chi connectivity index (χ0) is 14.2. The molecule has 1 amide bonds. The lowest BCUT2D eigenvalue weighted by Crippen LogP contribution is -2.27. The van der Waals surface area contributed by atoms with Gasteiger partial charge in [-0.3, -0.25) is 4.79 Å². The van der Waals surface area contributed by atoms with Crippen molar-refractivity contribution < 1.29 is 13.2 Å². The fourth-order valence-corrected chi connectivity index (χ4v) is 3.13. The first kappa shape index (κ1) is 14.1. The molecular weight excluding hydrogens is 311 g/mol. The van der Waals surface area contributed by atoms with Crippen LogP contribution in [-0.2, 0) is 13.8 Å².